The van der Waals surface area contributed by atoms with Crippen molar-refractivity contribution in [3.05, 3.63) is 71.0 Å². The number of hydrogen-bond acceptors (Lipinski definition) is 15. The number of carbonyl (C=O) groups excluding carboxylic acids is 2. The number of sulfonamides is 2. The largest absolute Gasteiger partial charge is 0.396 e. The zero-order chi connectivity index (χ0) is 55.7. The molecule has 11 rings (SSSR count). The van der Waals surface area contributed by atoms with Gasteiger partial charge in [0, 0.05) is 108 Å². The zero-order valence-corrected chi connectivity index (χ0v) is 46.1. The highest BCUT2D eigenvalue weighted by atomic mass is 32.2. The first kappa shape index (κ1) is 54.9. The van der Waals surface area contributed by atoms with Gasteiger partial charge in [0.25, 0.3) is 23.7 Å². The van der Waals surface area contributed by atoms with Crippen LogP contribution < -0.4 is 39.3 Å². The molecule has 6 heterocycles. The maximum absolute atomic E-state index is 14.7. The van der Waals surface area contributed by atoms with E-state index in [9.17, 15) is 49.1 Å². The maximum atomic E-state index is 14.7. The summed E-state index contributed by atoms with van der Waals surface area (Å²) in [7, 11) is -7.75. The number of hydrogen-bond donors (Lipinski definition) is 4. The smallest absolute Gasteiger partial charge is 0.258 e. The third-order valence-corrected chi connectivity index (χ3v) is 20.9. The lowest BCUT2D eigenvalue weighted by atomic mass is 9.91. The Hall–Kier alpha value is -6.08. The minimum absolute atomic E-state index is 0.00677. The van der Waals surface area contributed by atoms with Gasteiger partial charge < -0.3 is 35.3 Å². The van der Waals surface area contributed by atoms with E-state index in [-0.39, 0.29) is 111 Å². The van der Waals surface area contributed by atoms with Crippen molar-refractivity contribution in [2.24, 2.45) is 10.8 Å². The van der Waals surface area contributed by atoms with Crippen LogP contribution >= 0.6 is 0 Å². The first-order chi connectivity index (χ1) is 37.5. The summed E-state index contributed by atoms with van der Waals surface area (Å²) < 4.78 is 116. The van der Waals surface area contributed by atoms with Crippen molar-refractivity contribution in [2.45, 2.75) is 127 Å². The van der Waals surface area contributed by atoms with Gasteiger partial charge >= 0.3 is 0 Å². The first-order valence-electron chi connectivity index (χ1n) is 27.5. The molecule has 1 atom stereocenters. The summed E-state index contributed by atoms with van der Waals surface area (Å²) in [5.41, 5.74) is 3.08. The first-order valence-corrected chi connectivity index (χ1v) is 30.7. The van der Waals surface area contributed by atoms with Crippen LogP contribution in [-0.4, -0.2) is 142 Å². The lowest BCUT2D eigenvalue weighted by Crippen LogP contribution is -2.42. The number of halogens is 4. The molecular weight excluding hydrogens is 1070 g/mol. The van der Waals surface area contributed by atoms with E-state index in [1.807, 2.05) is 4.90 Å². The fraction of sp³-hybridized carbons (Fsp3) is 0.593. The summed E-state index contributed by atoms with van der Waals surface area (Å²) in [5, 5.41) is 15.2. The summed E-state index contributed by atoms with van der Waals surface area (Å²) in [5.74, 6) is -6.05. The number of piperidine rings is 4. The van der Waals surface area contributed by atoms with Crippen molar-refractivity contribution >= 4 is 78.1 Å². The molecule has 3 saturated carbocycles. The number of aliphatic hydroxyl groups excluding tert-OH is 1. The van der Waals surface area contributed by atoms with E-state index in [2.05, 4.69) is 40.2 Å². The number of nitrogens with zero attached hydrogens (tertiary/aromatic N) is 9. The van der Waals surface area contributed by atoms with Crippen LogP contribution in [-0.2, 0) is 20.0 Å². The highest BCUT2D eigenvalue weighted by molar-refractivity contribution is 7.93. The second-order valence-electron chi connectivity index (χ2n) is 23.0. The van der Waals surface area contributed by atoms with Crippen molar-refractivity contribution in [1.29, 1.82) is 0 Å². The van der Waals surface area contributed by atoms with Gasteiger partial charge in [0.1, 0.15) is 11.6 Å². The van der Waals surface area contributed by atoms with Gasteiger partial charge in [-0.3, -0.25) is 18.6 Å². The third-order valence-electron chi connectivity index (χ3n) is 17.2. The van der Waals surface area contributed by atoms with Crippen molar-refractivity contribution in [2.75, 3.05) is 104 Å². The summed E-state index contributed by atoms with van der Waals surface area (Å²) >= 11 is 0. The topological polar surface area (TPSA) is 226 Å². The molecule has 0 bridgehead atoms. The molecule has 4 N–H and O–H groups in total. The van der Waals surface area contributed by atoms with E-state index in [1.165, 1.54) is 10.4 Å². The van der Waals surface area contributed by atoms with Crippen LogP contribution in [0.1, 0.15) is 122 Å². The second kappa shape index (κ2) is 20.8. The van der Waals surface area contributed by atoms with Crippen molar-refractivity contribution in [3.8, 4) is 0 Å². The number of aryl methyl sites for hydroxylation is 2. The zero-order valence-electron chi connectivity index (χ0n) is 44.5. The van der Waals surface area contributed by atoms with Crippen LogP contribution in [0.4, 0.5) is 63.8 Å². The van der Waals surface area contributed by atoms with Gasteiger partial charge in [-0.15, -0.1) is 0 Å². The van der Waals surface area contributed by atoms with Crippen LogP contribution in [0, 0.1) is 24.7 Å². The minimum atomic E-state index is -4.06. The van der Waals surface area contributed by atoms with Gasteiger partial charge in [0.15, 0.2) is 0 Å². The number of rotatable bonds is 17. The SMILES string of the molecule is Cc1cc(NC(=O)c2ccc(N(C3CC34CCN(c3cc(NS(=O)(=O)C5CC5)ccc3C(=O)Nc3cc(C)nc(N5CCC(F)(F)CC5)n3)CC4)S(=O)(=O)CCCO)cc2N2CCC3(CC2)CC3)nc(N2CCC(F)(F)CC2)n1. The van der Waals surface area contributed by atoms with Crippen molar-refractivity contribution in [1.82, 2.24) is 19.9 Å². The molecule has 79 heavy (non-hydrogen) atoms. The van der Waals surface area contributed by atoms with Crippen LogP contribution in [0.5, 0.6) is 0 Å². The second-order valence-corrected chi connectivity index (χ2v) is 26.9. The monoisotopic (exact) mass is 1140 g/mol. The van der Waals surface area contributed by atoms with E-state index in [0.717, 1.165) is 25.7 Å². The lowest BCUT2D eigenvalue weighted by Gasteiger charge is -2.38. The molecule has 3 aliphatic carbocycles. The minimum Gasteiger partial charge on any atom is -0.396 e. The van der Waals surface area contributed by atoms with Crippen LogP contribution in [0.2, 0.25) is 0 Å². The number of anilines is 8. The molecule has 19 nitrogen and oxygen atoms in total. The number of alkyl halides is 4. The normalized spacial score (nSPS) is 22.1. The number of benzene rings is 2. The highest BCUT2D eigenvalue weighted by Crippen LogP contribution is 2.59. The quantitative estimate of drug-likeness (QED) is 0.0743. The molecule has 25 heteroatoms. The summed E-state index contributed by atoms with van der Waals surface area (Å²) in [6.07, 6.45) is 5.42. The Morgan fingerprint density at radius 3 is 1.61 bits per heavy atom. The summed E-state index contributed by atoms with van der Waals surface area (Å²) in [6, 6.07) is 12.5. The molecule has 2 spiro atoms. The number of amides is 2. The van der Waals surface area contributed by atoms with E-state index in [4.69, 9.17) is 0 Å². The van der Waals surface area contributed by atoms with Crippen LogP contribution in [0.25, 0.3) is 0 Å². The molecule has 2 amide bonds. The van der Waals surface area contributed by atoms with Crippen molar-refractivity contribution in [3.63, 3.8) is 0 Å². The number of carbonyl (C=O) groups is 2. The number of nitrogens with one attached hydrogen (secondary N) is 3. The van der Waals surface area contributed by atoms with E-state index in [0.29, 0.717) is 92.3 Å². The predicted octanol–water partition coefficient (Wildman–Crippen LogP) is 7.72. The van der Waals surface area contributed by atoms with Crippen LogP contribution in [0.15, 0.2) is 48.5 Å². The Bertz CT molecular complexity index is 3220. The Morgan fingerprint density at radius 1 is 0.633 bits per heavy atom. The van der Waals surface area contributed by atoms with E-state index in [1.54, 1.807) is 66.1 Å². The van der Waals surface area contributed by atoms with Crippen molar-refractivity contribution < 1.29 is 49.1 Å². The Kier molecular flexibility index (Phi) is 14.4. The molecule has 7 aliphatic rings. The van der Waals surface area contributed by atoms with Gasteiger partial charge in [0.2, 0.25) is 31.9 Å². The number of aromatic nitrogens is 4. The molecule has 4 saturated heterocycles. The van der Waals surface area contributed by atoms with Crippen LogP contribution in [0.3, 0.4) is 0 Å². The molecule has 2 aromatic carbocycles. The average Bonchev–Trinajstić information content (AvgIpc) is 3.52. The molecule has 0 radical (unpaired) electrons. The van der Waals surface area contributed by atoms with Gasteiger partial charge in [-0.2, -0.15) is 9.97 Å². The Labute approximate surface area is 458 Å². The van der Waals surface area contributed by atoms with Gasteiger partial charge in [-0.1, -0.05) is 0 Å². The fourth-order valence-electron chi connectivity index (χ4n) is 11.9. The number of aliphatic hydroxyl groups is 1. The molecule has 2 aromatic heterocycles. The standard InChI is InChI=1S/C54H68F4N12O7S2/c1-35-30-45(63-49(59-35)68-24-16-53(55,56)17-25-68)61-47(72)40-8-4-37(65-79(76,77)39-6-7-39)32-42(40)67-22-14-52(15-23-67)34-44(52)70(78(74,75)29-3-28-71)38-5-9-41(43(33-38)66-20-12-51(10-11-51)13-21-66)48(73)62-46-31-36(2)60-50(64-46)69-26-18-54(57,58)19-27-69/h4-5,8-9,30-33,39,44,65,71H,3,6-7,10-29,34H2,1-2H3,(H,59,61,63,72)(H,60,62,64,73). The molecule has 426 valence electrons. The van der Waals surface area contributed by atoms with E-state index < -0.39 is 60.4 Å². The Balaban J connectivity index is 0.859. The molecule has 4 aliphatic heterocycles. The van der Waals surface area contributed by atoms with Gasteiger partial charge in [-0.25, -0.2) is 44.4 Å². The predicted molar refractivity (Wildman–Crippen MR) is 294 cm³/mol. The molecular formula is C54H68F4N12O7S2. The molecule has 1 unspecified atom stereocenters. The highest BCUT2D eigenvalue weighted by Gasteiger charge is 2.60. The van der Waals surface area contributed by atoms with Gasteiger partial charge in [-0.05, 0) is 125 Å². The Morgan fingerprint density at radius 2 is 1.11 bits per heavy atom. The maximum Gasteiger partial charge on any atom is 0.258 e. The lowest BCUT2D eigenvalue weighted by molar-refractivity contribution is -0.0229. The fourth-order valence-corrected chi connectivity index (χ4v) is 15.1. The third kappa shape index (κ3) is 12.0. The summed E-state index contributed by atoms with van der Waals surface area (Å²) in [4.78, 5) is 54.4. The van der Waals surface area contributed by atoms with E-state index >= 15 is 0 Å². The average molecular weight is 1140 g/mol. The molecule has 7 fully saturated rings. The summed E-state index contributed by atoms with van der Waals surface area (Å²) in [6.45, 7) is 5.42. The molecule has 4 aromatic rings. The van der Waals surface area contributed by atoms with Gasteiger partial charge in [0.05, 0.1) is 50.9 Å².